The molecule has 2 atom stereocenters. The molecule has 7 nitrogen and oxygen atoms in total. The van der Waals surface area contributed by atoms with Gasteiger partial charge in [-0.2, -0.15) is 0 Å². The molecule has 1 aliphatic rings. The molecular weight excluding hydrogens is 525 g/mol. The normalized spacial score (nSPS) is 17.1. The van der Waals surface area contributed by atoms with Crippen molar-refractivity contribution in [2.24, 2.45) is 5.92 Å². The largest absolute Gasteiger partial charge is 0.481 e. The Morgan fingerprint density at radius 3 is 2.32 bits per heavy atom. The van der Waals surface area contributed by atoms with Gasteiger partial charge in [-0.25, -0.2) is 21.2 Å². The topological polar surface area (TPSA) is 111 Å². The third-order valence-corrected chi connectivity index (χ3v) is 9.63. The number of aryl methyl sites for hydroxylation is 1. The van der Waals surface area contributed by atoms with Crippen molar-refractivity contribution in [3.05, 3.63) is 46.9 Å². The number of aliphatic carboxylic acids is 1. The predicted octanol–water partition coefficient (Wildman–Crippen LogP) is 4.60. The van der Waals surface area contributed by atoms with Gasteiger partial charge in [0, 0.05) is 50.9 Å². The zero-order chi connectivity index (χ0) is 25.2. The number of fused-ring (bicyclic) bond motifs is 3. The SMILES string of the molecule is CC(C(=O)O)C1CCn2c1c(Sc1ccc(Cl)cc1)c1c(S(C)(=O)=O)cc(F)c(S(C)(=O)=O)c12. The number of carboxylic acids is 1. The van der Waals surface area contributed by atoms with E-state index in [1.807, 2.05) is 0 Å². The molecule has 0 bridgehead atoms. The minimum Gasteiger partial charge on any atom is -0.481 e. The van der Waals surface area contributed by atoms with Crippen molar-refractivity contribution in [2.75, 3.05) is 12.5 Å². The number of hydrogen-bond donors (Lipinski definition) is 1. The van der Waals surface area contributed by atoms with E-state index in [9.17, 15) is 26.7 Å². The third kappa shape index (κ3) is 4.23. The van der Waals surface area contributed by atoms with Crippen LogP contribution in [0.5, 0.6) is 0 Å². The molecule has 3 aromatic rings. The Balaban J connectivity index is 2.19. The first-order chi connectivity index (χ1) is 15.7. The van der Waals surface area contributed by atoms with E-state index < -0.39 is 48.2 Å². The quantitative estimate of drug-likeness (QED) is 0.482. The van der Waals surface area contributed by atoms with Gasteiger partial charge in [0.1, 0.15) is 10.7 Å². The van der Waals surface area contributed by atoms with Crippen molar-refractivity contribution in [2.45, 2.75) is 45.4 Å². The molecule has 1 aromatic heterocycles. The molecule has 0 radical (unpaired) electrons. The number of hydrogen-bond acceptors (Lipinski definition) is 6. The van der Waals surface area contributed by atoms with E-state index in [0.29, 0.717) is 26.9 Å². The molecule has 2 aromatic carbocycles. The van der Waals surface area contributed by atoms with Gasteiger partial charge in [0.25, 0.3) is 0 Å². The number of nitrogens with zero attached hydrogens (tertiary/aromatic N) is 1. The van der Waals surface area contributed by atoms with Crippen molar-refractivity contribution in [1.82, 2.24) is 4.57 Å². The first-order valence-electron chi connectivity index (χ1n) is 10.2. The summed E-state index contributed by atoms with van der Waals surface area (Å²) in [6.07, 6.45) is 2.18. The highest BCUT2D eigenvalue weighted by Crippen LogP contribution is 2.51. The second-order valence-electron chi connectivity index (χ2n) is 8.40. The number of carboxylic acid groups (broad SMARTS) is 1. The lowest BCUT2D eigenvalue weighted by Gasteiger charge is -2.17. The van der Waals surface area contributed by atoms with E-state index in [1.54, 1.807) is 35.8 Å². The predicted molar refractivity (Wildman–Crippen MR) is 128 cm³/mol. The lowest BCUT2D eigenvalue weighted by molar-refractivity contribution is -0.141. The van der Waals surface area contributed by atoms with E-state index in [0.717, 1.165) is 18.6 Å². The van der Waals surface area contributed by atoms with Gasteiger partial charge in [0.2, 0.25) is 0 Å². The second-order valence-corrected chi connectivity index (χ2v) is 13.9. The van der Waals surface area contributed by atoms with E-state index in [4.69, 9.17) is 11.6 Å². The monoisotopic (exact) mass is 545 g/mol. The highest BCUT2D eigenvalue weighted by Gasteiger charge is 2.40. The lowest BCUT2D eigenvalue weighted by Crippen LogP contribution is -2.17. The van der Waals surface area contributed by atoms with Crippen LogP contribution in [0.4, 0.5) is 4.39 Å². The molecular formula is C22H21ClFNO6S3. The minimum atomic E-state index is -4.10. The molecule has 34 heavy (non-hydrogen) atoms. The molecule has 2 unspecified atom stereocenters. The lowest BCUT2D eigenvalue weighted by atomic mass is 9.90. The summed E-state index contributed by atoms with van der Waals surface area (Å²) < 4.78 is 67.4. The Labute approximate surface area is 205 Å². The first-order valence-corrected chi connectivity index (χ1v) is 15.1. The fraction of sp³-hybridized carbons (Fsp3) is 0.318. The van der Waals surface area contributed by atoms with Crippen molar-refractivity contribution in [1.29, 1.82) is 0 Å². The summed E-state index contributed by atoms with van der Waals surface area (Å²) in [5, 5.41) is 10.3. The molecule has 12 heteroatoms. The number of aromatic nitrogens is 1. The highest BCUT2D eigenvalue weighted by atomic mass is 35.5. The maximum atomic E-state index is 15.2. The number of sulfone groups is 2. The van der Waals surface area contributed by atoms with E-state index in [-0.39, 0.29) is 22.3 Å². The van der Waals surface area contributed by atoms with Crippen LogP contribution < -0.4 is 0 Å². The Kier molecular flexibility index (Phi) is 6.29. The Hall–Kier alpha value is -2.08. The van der Waals surface area contributed by atoms with Gasteiger partial charge in [-0.15, -0.1) is 0 Å². The van der Waals surface area contributed by atoms with Crippen LogP contribution in [0.3, 0.4) is 0 Å². The summed E-state index contributed by atoms with van der Waals surface area (Å²) in [7, 11) is -8.07. The zero-order valence-electron chi connectivity index (χ0n) is 18.4. The van der Waals surface area contributed by atoms with Crippen LogP contribution in [-0.4, -0.2) is 45.0 Å². The molecule has 182 valence electrons. The van der Waals surface area contributed by atoms with Crippen LogP contribution in [0.15, 0.2) is 49.9 Å². The molecule has 1 N–H and O–H groups in total. The van der Waals surface area contributed by atoms with Crippen LogP contribution >= 0.6 is 23.4 Å². The maximum Gasteiger partial charge on any atom is 0.306 e. The summed E-state index contributed by atoms with van der Waals surface area (Å²) in [5.74, 6) is -3.55. The zero-order valence-corrected chi connectivity index (χ0v) is 21.6. The van der Waals surface area contributed by atoms with E-state index in [2.05, 4.69) is 0 Å². The Morgan fingerprint density at radius 2 is 1.79 bits per heavy atom. The van der Waals surface area contributed by atoms with Gasteiger partial charge in [-0.1, -0.05) is 30.3 Å². The number of rotatable bonds is 6. The van der Waals surface area contributed by atoms with Gasteiger partial charge < -0.3 is 9.67 Å². The molecule has 0 saturated heterocycles. The first kappa shape index (κ1) is 25.0. The molecule has 0 spiro atoms. The highest BCUT2D eigenvalue weighted by molar-refractivity contribution is 7.99. The van der Waals surface area contributed by atoms with Crippen LogP contribution in [0.1, 0.15) is 25.0 Å². The van der Waals surface area contributed by atoms with Gasteiger partial charge in [0.05, 0.1) is 16.3 Å². The molecule has 0 fully saturated rings. The molecule has 0 saturated carbocycles. The molecule has 0 amide bonds. The molecule has 0 aliphatic carbocycles. The summed E-state index contributed by atoms with van der Waals surface area (Å²) in [4.78, 5) is 12.0. The Morgan fingerprint density at radius 1 is 1.18 bits per heavy atom. The van der Waals surface area contributed by atoms with Crippen LogP contribution in [-0.2, 0) is 31.0 Å². The summed E-state index contributed by atoms with van der Waals surface area (Å²) in [5.41, 5.74) is 0.444. The van der Waals surface area contributed by atoms with Crippen LogP contribution in [0.2, 0.25) is 5.02 Å². The second kappa shape index (κ2) is 8.54. The van der Waals surface area contributed by atoms with E-state index >= 15 is 4.39 Å². The fourth-order valence-electron chi connectivity index (χ4n) is 4.48. The van der Waals surface area contributed by atoms with Gasteiger partial charge in [-0.05, 0) is 36.8 Å². The summed E-state index contributed by atoms with van der Waals surface area (Å²) >= 11 is 7.16. The maximum absolute atomic E-state index is 15.2. The standard InChI is InChI=1S/C22H21ClFNO6S3/c1-11(22(26)27)14-8-9-25-18(14)20(32-13-6-4-12(23)5-7-13)17-16(33(2,28)29)10-15(24)21(19(17)25)34(3,30)31/h4-7,10-11,14H,8-9H2,1-3H3,(H,26,27). The van der Waals surface area contributed by atoms with Crippen molar-refractivity contribution in [3.8, 4) is 0 Å². The van der Waals surface area contributed by atoms with Gasteiger partial charge >= 0.3 is 5.97 Å². The summed E-state index contributed by atoms with van der Waals surface area (Å²) in [6, 6.07) is 7.48. The van der Waals surface area contributed by atoms with Crippen molar-refractivity contribution in [3.63, 3.8) is 0 Å². The van der Waals surface area contributed by atoms with E-state index in [1.165, 1.54) is 11.8 Å². The van der Waals surface area contributed by atoms with Gasteiger partial charge in [0.15, 0.2) is 19.7 Å². The smallest absolute Gasteiger partial charge is 0.306 e. The minimum absolute atomic E-state index is 0.0468. The number of carbonyl (C=O) groups is 1. The summed E-state index contributed by atoms with van der Waals surface area (Å²) in [6.45, 7) is 1.77. The number of benzene rings is 2. The van der Waals surface area contributed by atoms with Crippen molar-refractivity contribution >= 4 is 59.9 Å². The molecule has 1 aliphatic heterocycles. The third-order valence-electron chi connectivity index (χ3n) is 6.01. The Bertz CT molecular complexity index is 1550. The number of halogens is 2. The van der Waals surface area contributed by atoms with Crippen molar-refractivity contribution < 1.29 is 31.1 Å². The average Bonchev–Trinajstić information content (AvgIpc) is 3.26. The van der Waals surface area contributed by atoms with Crippen LogP contribution in [0, 0.1) is 11.7 Å². The molecule has 4 rings (SSSR count). The average molecular weight is 546 g/mol. The van der Waals surface area contributed by atoms with Gasteiger partial charge in [-0.3, -0.25) is 4.79 Å². The molecule has 2 heterocycles. The van der Waals surface area contributed by atoms with Crippen LogP contribution in [0.25, 0.3) is 10.9 Å². The fourth-order valence-corrected chi connectivity index (χ4v) is 7.71.